The van der Waals surface area contributed by atoms with Gasteiger partial charge in [-0.15, -0.1) is 0 Å². The van der Waals surface area contributed by atoms with Crippen molar-refractivity contribution in [2.75, 3.05) is 38.2 Å². The first-order valence-electron chi connectivity index (χ1n) is 10.6. The monoisotopic (exact) mass is 476 g/mol. The van der Waals surface area contributed by atoms with E-state index in [0.29, 0.717) is 53.6 Å². The Morgan fingerprint density at radius 2 is 1.82 bits per heavy atom. The number of carbonyl (C=O) groups excluding carboxylic acids is 1. The Labute approximate surface area is 201 Å². The normalized spacial score (nSPS) is 13.1. The summed E-state index contributed by atoms with van der Waals surface area (Å²) in [6.45, 7) is 2.35. The maximum atomic E-state index is 13.2. The van der Waals surface area contributed by atoms with Crippen LogP contribution < -0.4 is 9.64 Å². The summed E-state index contributed by atoms with van der Waals surface area (Å²) in [5.41, 5.74) is 1.69. The maximum Gasteiger partial charge on any atom is 0.269 e. The number of hydrogen-bond acceptors (Lipinski definition) is 6. The van der Waals surface area contributed by atoms with Crippen LogP contribution in [0.2, 0.25) is 5.02 Å². The summed E-state index contributed by atoms with van der Waals surface area (Å²) < 4.78 is 5.40. The fraction of sp³-hybridized carbons (Fsp3) is 0.200. The molecule has 8 nitrogen and oxygen atoms in total. The van der Waals surface area contributed by atoms with Gasteiger partial charge in [-0.3, -0.25) is 14.9 Å². The second-order valence-electron chi connectivity index (χ2n) is 7.56. The van der Waals surface area contributed by atoms with Crippen molar-refractivity contribution in [1.82, 2.24) is 9.88 Å². The summed E-state index contributed by atoms with van der Waals surface area (Å²) in [6, 6.07) is 14.7. The number of benzene rings is 2. The van der Waals surface area contributed by atoms with Crippen molar-refractivity contribution >= 4 is 29.0 Å². The number of rotatable bonds is 4. The van der Waals surface area contributed by atoms with Crippen LogP contribution >= 0.6 is 11.6 Å². The molecule has 1 aliphatic heterocycles. The van der Waals surface area contributed by atoms with Gasteiger partial charge in [-0.25, -0.2) is 4.98 Å². The number of amides is 1. The lowest BCUT2D eigenvalue weighted by atomic mass is 10.1. The Morgan fingerprint density at radius 1 is 1.09 bits per heavy atom. The molecule has 9 heteroatoms. The molecule has 172 valence electrons. The predicted molar refractivity (Wildman–Crippen MR) is 129 cm³/mol. The zero-order valence-corrected chi connectivity index (χ0v) is 19.2. The molecule has 0 radical (unpaired) electrons. The molecule has 1 amide bonds. The lowest BCUT2D eigenvalue weighted by Gasteiger charge is -2.35. The molecule has 2 aromatic carbocycles. The molecule has 2 heterocycles. The summed E-state index contributed by atoms with van der Waals surface area (Å²) in [7, 11) is 1.54. The molecular formula is C25H21ClN4O4. The standard InChI is InChI=1S/C25H21ClN4O4/c1-34-23-11-8-20(17-19(23)7-4-18-5-9-21(10-6-18)30(32)33)25(31)29-15-13-28(14-16-29)24-22(26)3-2-12-27-24/h2-3,5-6,8-12,17H,13-16H2,1H3. The van der Waals surface area contributed by atoms with E-state index in [4.69, 9.17) is 16.3 Å². The maximum absolute atomic E-state index is 13.2. The number of methoxy groups -OCH3 is 1. The summed E-state index contributed by atoms with van der Waals surface area (Å²) >= 11 is 6.25. The first-order chi connectivity index (χ1) is 16.5. The number of piperazine rings is 1. The molecule has 1 aromatic heterocycles. The molecule has 0 unspecified atom stereocenters. The molecule has 0 spiro atoms. The quantitative estimate of drug-likeness (QED) is 0.321. The van der Waals surface area contributed by atoms with Gasteiger partial charge >= 0.3 is 0 Å². The number of pyridine rings is 1. The fourth-order valence-corrected chi connectivity index (χ4v) is 3.90. The van der Waals surface area contributed by atoms with E-state index in [0.717, 1.165) is 5.82 Å². The first-order valence-corrected chi connectivity index (χ1v) is 10.9. The summed E-state index contributed by atoms with van der Waals surface area (Å²) in [5.74, 6) is 7.17. The topological polar surface area (TPSA) is 88.8 Å². The molecule has 0 bridgehead atoms. The molecule has 3 aromatic rings. The SMILES string of the molecule is COc1ccc(C(=O)N2CCN(c3ncccc3Cl)CC2)cc1C#Cc1ccc([N+](=O)[O-])cc1. The van der Waals surface area contributed by atoms with Crippen LogP contribution in [0.5, 0.6) is 5.75 Å². The highest BCUT2D eigenvalue weighted by Gasteiger charge is 2.24. The van der Waals surface area contributed by atoms with Crippen molar-refractivity contribution in [1.29, 1.82) is 0 Å². The third-order valence-corrected chi connectivity index (χ3v) is 5.77. The number of nitrogens with zero attached hydrogens (tertiary/aromatic N) is 4. The Hall–Kier alpha value is -4.09. The zero-order valence-electron chi connectivity index (χ0n) is 18.4. The van der Waals surface area contributed by atoms with E-state index in [1.807, 2.05) is 0 Å². The Kier molecular flexibility index (Phi) is 6.95. The van der Waals surface area contributed by atoms with Gasteiger partial charge in [0.1, 0.15) is 11.6 Å². The predicted octanol–water partition coefficient (Wildman–Crippen LogP) is 4.01. The largest absolute Gasteiger partial charge is 0.495 e. The van der Waals surface area contributed by atoms with E-state index in [1.165, 1.54) is 19.2 Å². The lowest BCUT2D eigenvalue weighted by molar-refractivity contribution is -0.384. The Balaban J connectivity index is 1.49. The molecule has 0 N–H and O–H groups in total. The second kappa shape index (κ2) is 10.2. The number of ether oxygens (including phenoxy) is 1. The number of aromatic nitrogens is 1. The summed E-state index contributed by atoms with van der Waals surface area (Å²) in [5, 5.41) is 11.4. The molecule has 0 aliphatic carbocycles. The van der Waals surface area contributed by atoms with Crippen LogP contribution in [-0.2, 0) is 0 Å². The van der Waals surface area contributed by atoms with Crippen molar-refractivity contribution < 1.29 is 14.5 Å². The van der Waals surface area contributed by atoms with Crippen LogP contribution in [0.25, 0.3) is 0 Å². The van der Waals surface area contributed by atoms with Crippen LogP contribution in [0, 0.1) is 22.0 Å². The molecule has 4 rings (SSSR count). The molecule has 34 heavy (non-hydrogen) atoms. The minimum Gasteiger partial charge on any atom is -0.495 e. The number of nitro benzene ring substituents is 1. The molecule has 1 saturated heterocycles. The van der Waals surface area contributed by atoms with E-state index in [-0.39, 0.29) is 11.6 Å². The molecular weight excluding hydrogens is 456 g/mol. The van der Waals surface area contributed by atoms with Crippen LogP contribution in [0.4, 0.5) is 11.5 Å². The highest BCUT2D eigenvalue weighted by molar-refractivity contribution is 6.32. The van der Waals surface area contributed by atoms with E-state index in [1.54, 1.807) is 53.6 Å². The van der Waals surface area contributed by atoms with E-state index in [9.17, 15) is 14.9 Å². The Morgan fingerprint density at radius 3 is 2.47 bits per heavy atom. The van der Waals surface area contributed by atoms with Gasteiger partial charge in [0, 0.05) is 55.6 Å². The van der Waals surface area contributed by atoms with Gasteiger partial charge in [0.25, 0.3) is 11.6 Å². The van der Waals surface area contributed by atoms with Gasteiger partial charge in [-0.1, -0.05) is 23.4 Å². The van der Waals surface area contributed by atoms with Crippen LogP contribution in [0.3, 0.4) is 0 Å². The molecule has 0 atom stereocenters. The van der Waals surface area contributed by atoms with Crippen molar-refractivity contribution in [3.8, 4) is 17.6 Å². The van der Waals surface area contributed by atoms with Crippen LogP contribution in [0.1, 0.15) is 21.5 Å². The van der Waals surface area contributed by atoms with Gasteiger partial charge in [0.15, 0.2) is 0 Å². The number of hydrogen-bond donors (Lipinski definition) is 0. The van der Waals surface area contributed by atoms with Gasteiger partial charge in [-0.2, -0.15) is 0 Å². The van der Waals surface area contributed by atoms with E-state index >= 15 is 0 Å². The van der Waals surface area contributed by atoms with Crippen molar-refractivity contribution in [3.05, 3.63) is 92.6 Å². The highest BCUT2D eigenvalue weighted by atomic mass is 35.5. The molecule has 1 fully saturated rings. The molecule has 0 saturated carbocycles. The number of anilines is 1. The van der Waals surface area contributed by atoms with E-state index in [2.05, 4.69) is 21.7 Å². The van der Waals surface area contributed by atoms with Gasteiger partial charge in [-0.05, 0) is 42.5 Å². The minimum atomic E-state index is -0.458. The minimum absolute atomic E-state index is 0.00105. The number of halogens is 1. The van der Waals surface area contributed by atoms with Crippen molar-refractivity contribution in [3.63, 3.8) is 0 Å². The fourth-order valence-electron chi connectivity index (χ4n) is 3.66. The van der Waals surface area contributed by atoms with Crippen molar-refractivity contribution in [2.45, 2.75) is 0 Å². The molecule has 1 aliphatic rings. The van der Waals surface area contributed by atoms with E-state index < -0.39 is 4.92 Å². The second-order valence-corrected chi connectivity index (χ2v) is 7.96. The average molecular weight is 477 g/mol. The smallest absolute Gasteiger partial charge is 0.269 e. The summed E-state index contributed by atoms with van der Waals surface area (Å²) in [4.78, 5) is 31.7. The average Bonchev–Trinajstić information content (AvgIpc) is 2.87. The number of nitro groups is 1. The highest BCUT2D eigenvalue weighted by Crippen LogP contribution is 2.25. The summed E-state index contributed by atoms with van der Waals surface area (Å²) in [6.07, 6.45) is 1.70. The first kappa shape index (κ1) is 23.1. The third-order valence-electron chi connectivity index (χ3n) is 5.47. The van der Waals surface area contributed by atoms with Crippen LogP contribution in [-0.4, -0.2) is 54.0 Å². The van der Waals surface area contributed by atoms with Gasteiger partial charge in [0.05, 0.1) is 22.6 Å². The van der Waals surface area contributed by atoms with Crippen LogP contribution in [0.15, 0.2) is 60.8 Å². The lowest BCUT2D eigenvalue weighted by Crippen LogP contribution is -2.49. The zero-order chi connectivity index (χ0) is 24.1. The Bertz CT molecular complexity index is 1280. The third kappa shape index (κ3) is 5.11. The van der Waals surface area contributed by atoms with Gasteiger partial charge < -0.3 is 14.5 Å². The number of carbonyl (C=O) groups is 1. The van der Waals surface area contributed by atoms with Gasteiger partial charge in [0.2, 0.25) is 0 Å². The van der Waals surface area contributed by atoms with Crippen molar-refractivity contribution in [2.24, 2.45) is 0 Å². The number of non-ortho nitro benzene ring substituents is 1.